The first-order valence-electron chi connectivity index (χ1n) is 9.65. The van der Waals surface area contributed by atoms with Crippen molar-refractivity contribution in [2.75, 3.05) is 32.8 Å². The number of esters is 1. The molecule has 29 heavy (non-hydrogen) atoms. The third-order valence-electron chi connectivity index (χ3n) is 5.43. The Morgan fingerprint density at radius 2 is 1.62 bits per heavy atom. The van der Waals surface area contributed by atoms with Crippen LogP contribution in [0.1, 0.15) is 32.1 Å². The van der Waals surface area contributed by atoms with E-state index in [-0.39, 0.29) is 31.1 Å². The van der Waals surface area contributed by atoms with Crippen molar-refractivity contribution in [2.45, 2.75) is 42.6 Å². The van der Waals surface area contributed by atoms with Crippen LogP contribution in [0, 0.1) is 5.82 Å². The first kappa shape index (κ1) is 21.7. The highest BCUT2D eigenvalue weighted by Gasteiger charge is 2.39. The van der Waals surface area contributed by atoms with Crippen molar-refractivity contribution in [3.8, 4) is 0 Å². The molecule has 2 aliphatic rings. The SMILES string of the molecule is O=C(COC(=O)C1(O)CCCCC1)N1CCN(S(=O)(=O)c2ccc(F)cc2)CC1. The summed E-state index contributed by atoms with van der Waals surface area (Å²) in [6.45, 7) is 0.000670. The van der Waals surface area contributed by atoms with Gasteiger partial charge in [0, 0.05) is 26.2 Å². The van der Waals surface area contributed by atoms with Crippen molar-refractivity contribution in [1.82, 2.24) is 9.21 Å². The molecule has 0 spiro atoms. The Labute approximate surface area is 169 Å². The van der Waals surface area contributed by atoms with E-state index in [1.807, 2.05) is 0 Å². The number of piperazine rings is 1. The Balaban J connectivity index is 1.50. The fourth-order valence-corrected chi connectivity index (χ4v) is 5.05. The maximum absolute atomic E-state index is 13.0. The molecular weight excluding hydrogens is 403 g/mol. The van der Waals surface area contributed by atoms with Gasteiger partial charge in [0.15, 0.2) is 12.2 Å². The van der Waals surface area contributed by atoms with Crippen LogP contribution in [0.15, 0.2) is 29.2 Å². The minimum Gasteiger partial charge on any atom is -0.453 e. The minimum absolute atomic E-state index is 0.00617. The first-order valence-corrected chi connectivity index (χ1v) is 11.1. The summed E-state index contributed by atoms with van der Waals surface area (Å²) in [5.41, 5.74) is -1.51. The molecule has 1 saturated carbocycles. The lowest BCUT2D eigenvalue weighted by atomic mass is 9.85. The highest BCUT2D eigenvalue weighted by molar-refractivity contribution is 7.89. The highest BCUT2D eigenvalue weighted by atomic mass is 32.2. The van der Waals surface area contributed by atoms with Crippen molar-refractivity contribution < 1.29 is 32.2 Å². The Bertz CT molecular complexity index is 844. The summed E-state index contributed by atoms with van der Waals surface area (Å²) in [5.74, 6) is -1.73. The van der Waals surface area contributed by atoms with E-state index in [0.29, 0.717) is 12.8 Å². The molecule has 0 unspecified atom stereocenters. The summed E-state index contributed by atoms with van der Waals surface area (Å²) in [6, 6.07) is 4.58. The van der Waals surface area contributed by atoms with Crippen molar-refractivity contribution in [3.63, 3.8) is 0 Å². The molecule has 1 heterocycles. The van der Waals surface area contributed by atoms with Gasteiger partial charge in [0.25, 0.3) is 5.91 Å². The van der Waals surface area contributed by atoms with Gasteiger partial charge in [0.1, 0.15) is 5.82 Å². The van der Waals surface area contributed by atoms with Gasteiger partial charge in [0.05, 0.1) is 4.90 Å². The second kappa shape index (κ2) is 8.76. The lowest BCUT2D eigenvalue weighted by Gasteiger charge is -2.34. The molecule has 1 N–H and O–H groups in total. The molecule has 0 radical (unpaired) electrons. The molecule has 160 valence electrons. The van der Waals surface area contributed by atoms with Crippen LogP contribution in [0.5, 0.6) is 0 Å². The fourth-order valence-electron chi connectivity index (χ4n) is 3.63. The van der Waals surface area contributed by atoms with Crippen molar-refractivity contribution in [2.24, 2.45) is 0 Å². The van der Waals surface area contributed by atoms with E-state index in [1.54, 1.807) is 0 Å². The maximum Gasteiger partial charge on any atom is 0.338 e. The van der Waals surface area contributed by atoms with Crippen LogP contribution in [0.4, 0.5) is 4.39 Å². The molecule has 1 saturated heterocycles. The van der Waals surface area contributed by atoms with Gasteiger partial charge in [-0.25, -0.2) is 17.6 Å². The zero-order chi connectivity index (χ0) is 21.1. The quantitative estimate of drug-likeness (QED) is 0.699. The summed E-state index contributed by atoms with van der Waals surface area (Å²) in [6.07, 6.45) is 3.10. The van der Waals surface area contributed by atoms with Gasteiger partial charge >= 0.3 is 5.97 Å². The second-order valence-corrected chi connectivity index (χ2v) is 9.35. The number of hydrogen-bond acceptors (Lipinski definition) is 6. The number of nitrogens with zero attached hydrogens (tertiary/aromatic N) is 2. The second-order valence-electron chi connectivity index (χ2n) is 7.41. The molecule has 0 bridgehead atoms. The van der Waals surface area contributed by atoms with Gasteiger partial charge in [-0.2, -0.15) is 4.31 Å². The van der Waals surface area contributed by atoms with Crippen LogP contribution in [0.3, 0.4) is 0 Å². The maximum atomic E-state index is 13.0. The number of benzene rings is 1. The van der Waals surface area contributed by atoms with E-state index in [2.05, 4.69) is 0 Å². The van der Waals surface area contributed by atoms with Crippen molar-refractivity contribution in [3.05, 3.63) is 30.1 Å². The zero-order valence-electron chi connectivity index (χ0n) is 16.0. The predicted molar refractivity (Wildman–Crippen MR) is 101 cm³/mol. The normalized spacial score (nSPS) is 20.3. The summed E-state index contributed by atoms with van der Waals surface area (Å²) >= 11 is 0. The van der Waals surface area contributed by atoms with E-state index >= 15 is 0 Å². The highest BCUT2D eigenvalue weighted by Crippen LogP contribution is 2.29. The number of hydrogen-bond donors (Lipinski definition) is 1. The third-order valence-corrected chi connectivity index (χ3v) is 7.34. The molecular formula is C19H25FN2O6S. The zero-order valence-corrected chi connectivity index (χ0v) is 16.9. The Morgan fingerprint density at radius 3 is 2.21 bits per heavy atom. The monoisotopic (exact) mass is 428 g/mol. The molecule has 1 aromatic rings. The minimum atomic E-state index is -3.77. The van der Waals surface area contributed by atoms with Gasteiger partial charge in [-0.1, -0.05) is 6.42 Å². The molecule has 1 amide bonds. The van der Waals surface area contributed by atoms with Gasteiger partial charge in [0.2, 0.25) is 10.0 Å². The third kappa shape index (κ3) is 4.93. The van der Waals surface area contributed by atoms with Gasteiger partial charge < -0.3 is 14.7 Å². The number of aliphatic hydroxyl groups is 1. The summed E-state index contributed by atoms with van der Waals surface area (Å²) in [5, 5.41) is 10.3. The van der Waals surface area contributed by atoms with Crippen LogP contribution in [-0.2, 0) is 24.3 Å². The number of ether oxygens (including phenoxy) is 1. The first-order chi connectivity index (χ1) is 13.7. The van der Waals surface area contributed by atoms with Crippen LogP contribution in [-0.4, -0.2) is 73.0 Å². The van der Waals surface area contributed by atoms with E-state index < -0.39 is 39.9 Å². The van der Waals surface area contributed by atoms with Gasteiger partial charge in [-0.15, -0.1) is 0 Å². The average Bonchev–Trinajstić information content (AvgIpc) is 2.72. The van der Waals surface area contributed by atoms with Gasteiger partial charge in [-0.3, -0.25) is 4.79 Å². The average molecular weight is 428 g/mol. The Hall–Kier alpha value is -2.04. The number of halogens is 1. The molecule has 3 rings (SSSR count). The van der Waals surface area contributed by atoms with Crippen LogP contribution < -0.4 is 0 Å². The smallest absolute Gasteiger partial charge is 0.338 e. The molecule has 0 aromatic heterocycles. The van der Waals surface area contributed by atoms with Crippen molar-refractivity contribution >= 4 is 21.9 Å². The lowest BCUT2D eigenvalue weighted by molar-refractivity contribution is -0.172. The largest absolute Gasteiger partial charge is 0.453 e. The van der Waals surface area contributed by atoms with Crippen LogP contribution >= 0.6 is 0 Å². The molecule has 10 heteroatoms. The van der Waals surface area contributed by atoms with Crippen LogP contribution in [0.2, 0.25) is 0 Å². The molecule has 0 atom stereocenters. The van der Waals surface area contributed by atoms with E-state index in [9.17, 15) is 27.5 Å². The number of amides is 1. The standard InChI is InChI=1S/C19H25FN2O6S/c20-15-4-6-16(7-5-15)29(26,27)22-12-10-21(11-13-22)17(23)14-28-18(24)19(25)8-2-1-3-9-19/h4-7,25H,1-3,8-14H2. The van der Waals surface area contributed by atoms with E-state index in [0.717, 1.165) is 31.4 Å². The topological polar surface area (TPSA) is 104 Å². The number of rotatable bonds is 5. The molecule has 1 aromatic carbocycles. The molecule has 2 fully saturated rings. The van der Waals surface area contributed by atoms with E-state index in [4.69, 9.17) is 4.74 Å². The molecule has 1 aliphatic carbocycles. The predicted octanol–water partition coefficient (Wildman–Crippen LogP) is 0.897. The summed E-state index contributed by atoms with van der Waals surface area (Å²) < 4.78 is 44.5. The summed E-state index contributed by atoms with van der Waals surface area (Å²) in [4.78, 5) is 25.8. The molecule has 8 nitrogen and oxygen atoms in total. The fraction of sp³-hybridized carbons (Fsp3) is 0.579. The lowest BCUT2D eigenvalue weighted by Crippen LogP contribution is -2.51. The Morgan fingerprint density at radius 1 is 1.03 bits per heavy atom. The number of sulfonamides is 1. The number of carbonyl (C=O) groups is 2. The number of carbonyl (C=O) groups excluding carboxylic acids is 2. The van der Waals surface area contributed by atoms with Crippen molar-refractivity contribution in [1.29, 1.82) is 0 Å². The van der Waals surface area contributed by atoms with Crippen LogP contribution in [0.25, 0.3) is 0 Å². The summed E-state index contributed by atoms with van der Waals surface area (Å²) in [7, 11) is -3.77. The molecule has 1 aliphatic heterocycles. The van der Waals surface area contributed by atoms with E-state index in [1.165, 1.54) is 21.3 Å². The Kier molecular flexibility index (Phi) is 6.55. The van der Waals surface area contributed by atoms with Gasteiger partial charge in [-0.05, 0) is 49.9 Å².